The molecule has 0 aliphatic rings. The van der Waals surface area contributed by atoms with Gasteiger partial charge in [0.25, 0.3) is 0 Å². The lowest BCUT2D eigenvalue weighted by atomic mass is 9.81. The summed E-state index contributed by atoms with van der Waals surface area (Å²) in [5.74, 6) is 0.829. The summed E-state index contributed by atoms with van der Waals surface area (Å²) in [6, 6.07) is 23.2. The number of rotatable bonds is 6. The third kappa shape index (κ3) is 4.95. The SMILES string of the molecule is Cc1ccccc1C(C)(C)c1nc(C(C)(C)O)cn1-c1ccc(-c2cccc(S(C)(=O)=O)c2)cc1. The summed E-state index contributed by atoms with van der Waals surface area (Å²) in [6.45, 7) is 9.87. The minimum absolute atomic E-state index is 0.297. The van der Waals surface area contributed by atoms with Gasteiger partial charge in [0.1, 0.15) is 11.4 Å². The van der Waals surface area contributed by atoms with Crippen LogP contribution in [0.15, 0.2) is 83.9 Å². The Bertz CT molecular complexity index is 1480. The normalized spacial score (nSPS) is 12.7. The molecule has 0 spiro atoms. The number of sulfone groups is 1. The summed E-state index contributed by atoms with van der Waals surface area (Å²) in [4.78, 5) is 5.21. The van der Waals surface area contributed by atoms with Crippen molar-refractivity contribution in [1.82, 2.24) is 9.55 Å². The summed E-state index contributed by atoms with van der Waals surface area (Å²) < 4.78 is 26.0. The van der Waals surface area contributed by atoms with Crippen LogP contribution >= 0.6 is 0 Å². The highest BCUT2D eigenvalue weighted by Gasteiger charge is 2.33. The second-order valence-electron chi connectivity index (χ2n) is 10.2. The molecular weight excluding hydrogens is 456 g/mol. The molecule has 4 aromatic rings. The van der Waals surface area contributed by atoms with Gasteiger partial charge in [0, 0.05) is 23.6 Å². The first-order valence-electron chi connectivity index (χ1n) is 11.6. The van der Waals surface area contributed by atoms with Gasteiger partial charge in [0.05, 0.1) is 10.6 Å². The van der Waals surface area contributed by atoms with Crippen molar-refractivity contribution in [2.45, 2.75) is 50.5 Å². The molecule has 35 heavy (non-hydrogen) atoms. The van der Waals surface area contributed by atoms with Crippen LogP contribution in [0.1, 0.15) is 50.3 Å². The number of aryl methyl sites for hydroxylation is 1. The molecule has 0 unspecified atom stereocenters. The van der Waals surface area contributed by atoms with Gasteiger partial charge in [-0.15, -0.1) is 0 Å². The van der Waals surface area contributed by atoms with E-state index in [0.717, 1.165) is 22.6 Å². The van der Waals surface area contributed by atoms with Gasteiger partial charge in [-0.1, -0.05) is 48.5 Å². The van der Waals surface area contributed by atoms with Gasteiger partial charge in [-0.3, -0.25) is 0 Å². The molecule has 1 aromatic heterocycles. The molecule has 0 aliphatic carbocycles. The van der Waals surface area contributed by atoms with Crippen molar-refractivity contribution in [3.8, 4) is 16.8 Å². The molecule has 0 bridgehead atoms. The highest BCUT2D eigenvalue weighted by atomic mass is 32.2. The van der Waals surface area contributed by atoms with E-state index in [-0.39, 0.29) is 0 Å². The summed E-state index contributed by atoms with van der Waals surface area (Å²) in [5.41, 5.74) is 4.10. The monoisotopic (exact) mass is 488 g/mol. The van der Waals surface area contributed by atoms with Crippen molar-refractivity contribution in [1.29, 1.82) is 0 Å². The highest BCUT2D eigenvalue weighted by molar-refractivity contribution is 7.90. The summed E-state index contributed by atoms with van der Waals surface area (Å²) in [7, 11) is -3.28. The molecule has 6 heteroatoms. The number of hydrogen-bond donors (Lipinski definition) is 1. The van der Waals surface area contributed by atoms with Crippen LogP contribution in [0.25, 0.3) is 16.8 Å². The molecule has 3 aromatic carbocycles. The third-order valence-corrected chi connectivity index (χ3v) is 7.56. The van der Waals surface area contributed by atoms with E-state index in [1.807, 2.05) is 53.2 Å². The zero-order valence-electron chi connectivity index (χ0n) is 21.1. The molecule has 0 aliphatic heterocycles. The van der Waals surface area contributed by atoms with Crippen molar-refractivity contribution in [2.24, 2.45) is 0 Å². The van der Waals surface area contributed by atoms with Crippen LogP contribution in [0, 0.1) is 6.92 Å². The molecule has 0 amide bonds. The molecule has 5 nitrogen and oxygen atoms in total. The van der Waals surface area contributed by atoms with E-state index in [2.05, 4.69) is 32.9 Å². The van der Waals surface area contributed by atoms with Crippen LogP contribution in [-0.2, 0) is 20.9 Å². The molecule has 1 heterocycles. The molecule has 182 valence electrons. The summed E-state index contributed by atoms with van der Waals surface area (Å²) in [6.07, 6.45) is 3.11. The average Bonchev–Trinajstić information content (AvgIpc) is 3.26. The first-order valence-corrected chi connectivity index (χ1v) is 13.5. The Kier molecular flexibility index (Phi) is 6.24. The van der Waals surface area contributed by atoms with Crippen LogP contribution < -0.4 is 0 Å². The van der Waals surface area contributed by atoms with E-state index in [9.17, 15) is 13.5 Å². The standard InChI is InChI=1S/C29H32N2O3S/c1-20-10-7-8-13-25(20)28(2,3)27-30-26(29(4,5)32)19-31(27)23-16-14-21(15-17-23)22-11-9-12-24(18-22)35(6,33)34/h7-19,32H,1-6H3. The van der Waals surface area contributed by atoms with Gasteiger partial charge >= 0.3 is 0 Å². The molecule has 0 saturated heterocycles. The van der Waals surface area contributed by atoms with Crippen LogP contribution in [0.4, 0.5) is 0 Å². The predicted molar refractivity (Wildman–Crippen MR) is 141 cm³/mol. The van der Waals surface area contributed by atoms with E-state index in [0.29, 0.717) is 10.6 Å². The van der Waals surface area contributed by atoms with E-state index in [1.54, 1.807) is 32.0 Å². The number of benzene rings is 3. The Morgan fingerprint density at radius 3 is 2.11 bits per heavy atom. The van der Waals surface area contributed by atoms with Crippen molar-refractivity contribution in [3.05, 3.63) is 102 Å². The van der Waals surface area contributed by atoms with Crippen LogP contribution in [-0.4, -0.2) is 29.3 Å². The number of imidazole rings is 1. The summed E-state index contributed by atoms with van der Waals surface area (Å²) >= 11 is 0. The van der Waals surface area contributed by atoms with E-state index in [4.69, 9.17) is 4.98 Å². The molecule has 0 fully saturated rings. The number of nitrogens with zero attached hydrogens (tertiary/aromatic N) is 2. The van der Waals surface area contributed by atoms with Crippen molar-refractivity contribution in [3.63, 3.8) is 0 Å². The van der Waals surface area contributed by atoms with Gasteiger partial charge in [-0.2, -0.15) is 0 Å². The van der Waals surface area contributed by atoms with Crippen LogP contribution in [0.3, 0.4) is 0 Å². The molecule has 0 saturated carbocycles. The Morgan fingerprint density at radius 2 is 1.51 bits per heavy atom. The van der Waals surface area contributed by atoms with Gasteiger partial charge in [0.15, 0.2) is 9.84 Å². The topological polar surface area (TPSA) is 72.2 Å². The maximum absolute atomic E-state index is 12.0. The molecule has 1 N–H and O–H groups in total. The van der Waals surface area contributed by atoms with E-state index >= 15 is 0 Å². The Morgan fingerprint density at radius 1 is 0.857 bits per heavy atom. The Hall–Kier alpha value is -3.22. The van der Waals surface area contributed by atoms with E-state index in [1.165, 1.54) is 17.4 Å². The zero-order valence-corrected chi connectivity index (χ0v) is 21.9. The molecular formula is C29H32N2O3S. The average molecular weight is 489 g/mol. The number of aromatic nitrogens is 2. The van der Waals surface area contributed by atoms with Gasteiger partial charge in [0.2, 0.25) is 0 Å². The zero-order chi connectivity index (χ0) is 25.6. The minimum atomic E-state index is -3.28. The fourth-order valence-corrected chi connectivity index (χ4v) is 5.09. The lowest BCUT2D eigenvalue weighted by molar-refractivity contribution is 0.0741. The predicted octanol–water partition coefficient (Wildman–Crippen LogP) is 5.80. The molecule has 0 radical (unpaired) electrons. The number of aliphatic hydroxyl groups is 1. The molecule has 4 rings (SSSR count). The van der Waals surface area contributed by atoms with Crippen LogP contribution in [0.2, 0.25) is 0 Å². The maximum Gasteiger partial charge on any atom is 0.175 e. The lowest BCUT2D eigenvalue weighted by Gasteiger charge is -2.27. The fraction of sp³-hybridized carbons (Fsp3) is 0.276. The summed E-state index contributed by atoms with van der Waals surface area (Å²) in [5, 5.41) is 10.7. The maximum atomic E-state index is 12.0. The molecule has 0 atom stereocenters. The van der Waals surface area contributed by atoms with Gasteiger partial charge in [-0.05, 0) is 81.1 Å². The second kappa shape index (κ2) is 8.77. The Labute approximate surface area is 208 Å². The lowest BCUT2D eigenvalue weighted by Crippen LogP contribution is -2.25. The van der Waals surface area contributed by atoms with Gasteiger partial charge in [-0.25, -0.2) is 13.4 Å². The Balaban J connectivity index is 1.82. The van der Waals surface area contributed by atoms with Crippen LogP contribution in [0.5, 0.6) is 0 Å². The van der Waals surface area contributed by atoms with Crippen molar-refractivity contribution >= 4 is 9.84 Å². The fourth-order valence-electron chi connectivity index (χ4n) is 4.43. The second-order valence-corrected chi connectivity index (χ2v) is 12.2. The minimum Gasteiger partial charge on any atom is -0.384 e. The third-order valence-electron chi connectivity index (χ3n) is 6.45. The highest BCUT2D eigenvalue weighted by Crippen LogP contribution is 2.36. The van der Waals surface area contributed by atoms with Crippen molar-refractivity contribution in [2.75, 3.05) is 6.26 Å². The largest absolute Gasteiger partial charge is 0.384 e. The number of hydrogen-bond acceptors (Lipinski definition) is 4. The smallest absolute Gasteiger partial charge is 0.175 e. The van der Waals surface area contributed by atoms with Crippen molar-refractivity contribution < 1.29 is 13.5 Å². The first kappa shape index (κ1) is 24.9. The van der Waals surface area contributed by atoms with E-state index < -0.39 is 20.9 Å². The quantitative estimate of drug-likeness (QED) is 0.372. The van der Waals surface area contributed by atoms with Gasteiger partial charge < -0.3 is 9.67 Å². The first-order chi connectivity index (χ1) is 16.3.